The van der Waals surface area contributed by atoms with Crippen LogP contribution < -0.4 is 10.1 Å². The summed E-state index contributed by atoms with van der Waals surface area (Å²) in [6.45, 7) is 9.27. The predicted octanol–water partition coefficient (Wildman–Crippen LogP) is 4.93. The van der Waals surface area contributed by atoms with Crippen molar-refractivity contribution in [3.05, 3.63) is 63.1 Å². The topological polar surface area (TPSA) is 58.6 Å². The molecule has 0 saturated carbocycles. The third-order valence-electron chi connectivity index (χ3n) is 4.61. The first-order valence-electron chi connectivity index (χ1n) is 9.82. The van der Waals surface area contributed by atoms with Crippen molar-refractivity contribution in [2.24, 2.45) is 0 Å². The Morgan fingerprint density at radius 2 is 1.70 bits per heavy atom. The Morgan fingerprint density at radius 1 is 1.07 bits per heavy atom. The standard InChI is InChI=1S/C23H28Cl2N2O3/c1-14(2)26-23(29)17(5)27(12-18-7-6-8-19(24)11-18)21(28)13-30-20-9-15(3)22(25)16(4)10-20/h6-11,14,17H,12-13H2,1-5H3,(H,26,29)/t17-/m1/s1. The summed E-state index contributed by atoms with van der Waals surface area (Å²) in [5.41, 5.74) is 2.58. The number of aryl methyl sites for hydroxylation is 2. The minimum Gasteiger partial charge on any atom is -0.484 e. The van der Waals surface area contributed by atoms with Crippen LogP contribution in [-0.2, 0) is 16.1 Å². The van der Waals surface area contributed by atoms with E-state index in [0.29, 0.717) is 15.8 Å². The SMILES string of the molecule is Cc1cc(OCC(=O)N(Cc2cccc(Cl)c2)[C@H](C)C(=O)NC(C)C)cc(C)c1Cl. The van der Waals surface area contributed by atoms with Gasteiger partial charge in [0.25, 0.3) is 5.91 Å². The lowest BCUT2D eigenvalue weighted by atomic mass is 10.1. The number of halogens is 2. The molecule has 0 fully saturated rings. The highest BCUT2D eigenvalue weighted by Gasteiger charge is 2.27. The number of hydrogen-bond donors (Lipinski definition) is 1. The number of rotatable bonds is 8. The molecule has 0 aliphatic heterocycles. The Morgan fingerprint density at radius 3 is 2.27 bits per heavy atom. The van der Waals surface area contributed by atoms with E-state index in [1.54, 1.807) is 31.2 Å². The maximum Gasteiger partial charge on any atom is 0.261 e. The number of nitrogens with zero attached hydrogens (tertiary/aromatic N) is 1. The van der Waals surface area contributed by atoms with Crippen LogP contribution in [0.4, 0.5) is 0 Å². The Bertz CT molecular complexity index is 892. The van der Waals surface area contributed by atoms with E-state index in [9.17, 15) is 9.59 Å². The minimum absolute atomic E-state index is 0.0284. The van der Waals surface area contributed by atoms with Gasteiger partial charge in [-0.3, -0.25) is 9.59 Å². The predicted molar refractivity (Wildman–Crippen MR) is 121 cm³/mol. The van der Waals surface area contributed by atoms with Gasteiger partial charge in [0.05, 0.1) is 0 Å². The van der Waals surface area contributed by atoms with Crippen molar-refractivity contribution in [2.45, 2.75) is 53.2 Å². The number of carbonyl (C=O) groups is 2. The molecule has 0 spiro atoms. The first kappa shape index (κ1) is 24.0. The quantitative estimate of drug-likeness (QED) is 0.619. The van der Waals surface area contributed by atoms with E-state index in [4.69, 9.17) is 27.9 Å². The van der Waals surface area contributed by atoms with E-state index in [1.807, 2.05) is 39.8 Å². The molecular formula is C23H28Cl2N2O3. The van der Waals surface area contributed by atoms with E-state index in [-0.39, 0.29) is 31.0 Å². The van der Waals surface area contributed by atoms with Crippen molar-refractivity contribution < 1.29 is 14.3 Å². The average Bonchev–Trinajstić information content (AvgIpc) is 2.67. The number of benzene rings is 2. The van der Waals surface area contributed by atoms with Crippen molar-refractivity contribution in [1.29, 1.82) is 0 Å². The summed E-state index contributed by atoms with van der Waals surface area (Å²) in [6.07, 6.45) is 0. The second-order valence-electron chi connectivity index (χ2n) is 7.65. The van der Waals surface area contributed by atoms with Crippen LogP contribution >= 0.6 is 23.2 Å². The van der Waals surface area contributed by atoms with E-state index in [2.05, 4.69) is 5.32 Å². The smallest absolute Gasteiger partial charge is 0.261 e. The maximum atomic E-state index is 13.0. The zero-order valence-corrected chi connectivity index (χ0v) is 19.5. The van der Waals surface area contributed by atoms with Crippen LogP contribution in [0.3, 0.4) is 0 Å². The molecule has 2 amide bonds. The molecular weight excluding hydrogens is 423 g/mol. The van der Waals surface area contributed by atoms with Crippen LogP contribution in [0.5, 0.6) is 5.75 Å². The highest BCUT2D eigenvalue weighted by Crippen LogP contribution is 2.26. The molecule has 0 aliphatic rings. The largest absolute Gasteiger partial charge is 0.484 e. The summed E-state index contributed by atoms with van der Waals surface area (Å²) in [7, 11) is 0. The zero-order valence-electron chi connectivity index (χ0n) is 18.0. The fraction of sp³-hybridized carbons (Fsp3) is 0.391. The average molecular weight is 451 g/mol. The van der Waals surface area contributed by atoms with Crippen LogP contribution in [0.25, 0.3) is 0 Å². The monoisotopic (exact) mass is 450 g/mol. The number of ether oxygens (including phenoxy) is 1. The van der Waals surface area contributed by atoms with Gasteiger partial charge in [0.1, 0.15) is 11.8 Å². The molecule has 1 N–H and O–H groups in total. The van der Waals surface area contributed by atoms with Gasteiger partial charge in [0, 0.05) is 22.6 Å². The molecule has 5 nitrogen and oxygen atoms in total. The van der Waals surface area contributed by atoms with Crippen LogP contribution in [0.1, 0.15) is 37.5 Å². The van der Waals surface area contributed by atoms with Crippen molar-refractivity contribution >= 4 is 35.0 Å². The lowest BCUT2D eigenvalue weighted by molar-refractivity contribution is -0.142. The van der Waals surface area contributed by atoms with E-state index < -0.39 is 6.04 Å². The van der Waals surface area contributed by atoms with E-state index in [0.717, 1.165) is 16.7 Å². The zero-order chi connectivity index (χ0) is 22.4. The number of amides is 2. The van der Waals surface area contributed by atoms with Gasteiger partial charge in [-0.1, -0.05) is 35.3 Å². The maximum absolute atomic E-state index is 13.0. The molecule has 0 aromatic heterocycles. The van der Waals surface area contributed by atoms with Crippen LogP contribution in [0, 0.1) is 13.8 Å². The van der Waals surface area contributed by atoms with Gasteiger partial charge < -0.3 is 15.0 Å². The molecule has 0 saturated heterocycles. The molecule has 7 heteroatoms. The Balaban J connectivity index is 2.19. The van der Waals surface area contributed by atoms with Crippen molar-refractivity contribution in [1.82, 2.24) is 10.2 Å². The summed E-state index contributed by atoms with van der Waals surface area (Å²) in [6, 6.07) is 10.1. The molecule has 30 heavy (non-hydrogen) atoms. The molecule has 0 aliphatic carbocycles. The van der Waals surface area contributed by atoms with Gasteiger partial charge in [-0.05, 0) is 75.6 Å². The minimum atomic E-state index is -0.670. The summed E-state index contributed by atoms with van der Waals surface area (Å²) >= 11 is 12.3. The summed E-state index contributed by atoms with van der Waals surface area (Å²) in [5, 5.41) is 4.10. The Kier molecular flexibility index (Phi) is 8.56. The van der Waals surface area contributed by atoms with Crippen LogP contribution in [0.15, 0.2) is 36.4 Å². The van der Waals surface area contributed by atoms with Gasteiger partial charge >= 0.3 is 0 Å². The van der Waals surface area contributed by atoms with E-state index in [1.165, 1.54) is 4.90 Å². The van der Waals surface area contributed by atoms with Gasteiger partial charge in [-0.2, -0.15) is 0 Å². The normalized spacial score (nSPS) is 11.9. The lowest BCUT2D eigenvalue weighted by Gasteiger charge is -2.29. The van der Waals surface area contributed by atoms with Crippen molar-refractivity contribution in [3.8, 4) is 5.75 Å². The molecule has 0 radical (unpaired) electrons. The first-order chi connectivity index (χ1) is 14.1. The van der Waals surface area contributed by atoms with Crippen molar-refractivity contribution in [3.63, 3.8) is 0 Å². The lowest BCUT2D eigenvalue weighted by Crippen LogP contribution is -2.50. The molecule has 162 valence electrons. The second kappa shape index (κ2) is 10.7. The highest BCUT2D eigenvalue weighted by atomic mass is 35.5. The Hall–Kier alpha value is -2.24. The highest BCUT2D eigenvalue weighted by molar-refractivity contribution is 6.32. The van der Waals surface area contributed by atoms with Gasteiger partial charge in [-0.15, -0.1) is 0 Å². The fourth-order valence-corrected chi connectivity index (χ4v) is 3.36. The molecule has 1 atom stereocenters. The summed E-state index contributed by atoms with van der Waals surface area (Å²) < 4.78 is 5.73. The fourth-order valence-electron chi connectivity index (χ4n) is 3.04. The third-order valence-corrected chi connectivity index (χ3v) is 5.44. The molecule has 2 aromatic carbocycles. The molecule has 0 unspecified atom stereocenters. The summed E-state index contributed by atoms with van der Waals surface area (Å²) in [5.74, 6) is 0.0370. The number of carbonyl (C=O) groups excluding carboxylic acids is 2. The van der Waals surface area contributed by atoms with Crippen LogP contribution in [0.2, 0.25) is 10.0 Å². The van der Waals surface area contributed by atoms with Gasteiger partial charge in [0.15, 0.2) is 6.61 Å². The molecule has 2 aromatic rings. The van der Waals surface area contributed by atoms with Crippen molar-refractivity contribution in [2.75, 3.05) is 6.61 Å². The molecule has 0 heterocycles. The van der Waals surface area contributed by atoms with E-state index >= 15 is 0 Å². The molecule has 0 bridgehead atoms. The second-order valence-corrected chi connectivity index (χ2v) is 8.46. The number of hydrogen-bond acceptors (Lipinski definition) is 3. The Labute approximate surface area is 188 Å². The van der Waals surface area contributed by atoms with Gasteiger partial charge in [-0.25, -0.2) is 0 Å². The van der Waals surface area contributed by atoms with Crippen LogP contribution in [-0.4, -0.2) is 35.4 Å². The first-order valence-corrected chi connectivity index (χ1v) is 10.6. The van der Waals surface area contributed by atoms with Gasteiger partial charge in [0.2, 0.25) is 5.91 Å². The third kappa shape index (κ3) is 6.64. The summed E-state index contributed by atoms with van der Waals surface area (Å²) in [4.78, 5) is 27.1. The number of nitrogens with one attached hydrogen (secondary N) is 1. The molecule has 2 rings (SSSR count).